The van der Waals surface area contributed by atoms with Crippen molar-refractivity contribution in [2.45, 2.75) is 25.4 Å². The molecule has 0 radical (unpaired) electrons. The van der Waals surface area contributed by atoms with Gasteiger partial charge in [-0.15, -0.1) is 0 Å². The summed E-state index contributed by atoms with van der Waals surface area (Å²) in [5.74, 6) is 0. The monoisotopic (exact) mass is 314 g/mol. The van der Waals surface area contributed by atoms with E-state index >= 15 is 0 Å². The lowest BCUT2D eigenvalue weighted by Gasteiger charge is -2.26. The molecule has 0 unspecified atom stereocenters. The molecule has 1 saturated heterocycles. The molecule has 0 saturated carbocycles. The summed E-state index contributed by atoms with van der Waals surface area (Å²) in [7, 11) is 0. The van der Waals surface area contributed by atoms with E-state index in [1.165, 1.54) is 0 Å². The van der Waals surface area contributed by atoms with Crippen LogP contribution in [0.15, 0.2) is 54.6 Å². The smallest absolute Gasteiger partial charge is 0.318 e. The summed E-state index contributed by atoms with van der Waals surface area (Å²) in [6.07, 6.45) is 1.97. The molecule has 1 aliphatic rings. The number of halogens is 1. The fourth-order valence-corrected chi connectivity index (χ4v) is 3.22. The topological polar surface area (TPSA) is 32.3 Å². The lowest BCUT2D eigenvalue weighted by Crippen LogP contribution is -2.39. The van der Waals surface area contributed by atoms with E-state index in [2.05, 4.69) is 5.32 Å². The molecule has 0 aliphatic carbocycles. The number of carbonyl (C=O) groups excluding carboxylic acids is 1. The van der Waals surface area contributed by atoms with Crippen molar-refractivity contribution in [2.75, 3.05) is 6.54 Å². The van der Waals surface area contributed by atoms with Gasteiger partial charge in [0.1, 0.15) is 0 Å². The van der Waals surface area contributed by atoms with Gasteiger partial charge in [0.05, 0.1) is 6.04 Å². The van der Waals surface area contributed by atoms with Crippen LogP contribution < -0.4 is 5.32 Å². The molecule has 2 aromatic carbocycles. The quantitative estimate of drug-likeness (QED) is 0.895. The first-order valence-electron chi connectivity index (χ1n) is 7.58. The third kappa shape index (κ3) is 3.25. The van der Waals surface area contributed by atoms with E-state index < -0.39 is 0 Å². The van der Waals surface area contributed by atoms with Crippen molar-refractivity contribution in [3.05, 3.63) is 70.7 Å². The van der Waals surface area contributed by atoms with E-state index in [9.17, 15) is 4.79 Å². The molecule has 1 heterocycles. The Hall–Kier alpha value is -2.00. The molecule has 0 bridgehead atoms. The van der Waals surface area contributed by atoms with Crippen LogP contribution in [0, 0.1) is 0 Å². The zero-order chi connectivity index (χ0) is 15.4. The van der Waals surface area contributed by atoms with Crippen molar-refractivity contribution in [1.82, 2.24) is 10.2 Å². The molecule has 2 aromatic rings. The Kier molecular flexibility index (Phi) is 4.64. The largest absolute Gasteiger partial charge is 0.334 e. The van der Waals surface area contributed by atoms with E-state index in [0.29, 0.717) is 6.54 Å². The lowest BCUT2D eigenvalue weighted by molar-refractivity contribution is 0.192. The van der Waals surface area contributed by atoms with Crippen molar-refractivity contribution in [2.24, 2.45) is 0 Å². The maximum atomic E-state index is 12.5. The fraction of sp³-hybridized carbons (Fsp3) is 0.278. The Morgan fingerprint density at radius 2 is 1.86 bits per heavy atom. The zero-order valence-corrected chi connectivity index (χ0v) is 13.1. The second kappa shape index (κ2) is 6.84. The van der Waals surface area contributed by atoms with Crippen LogP contribution in [0.1, 0.15) is 30.0 Å². The minimum absolute atomic E-state index is 0.0220. The number of hydrogen-bond donors (Lipinski definition) is 1. The second-order valence-electron chi connectivity index (χ2n) is 5.52. The van der Waals surface area contributed by atoms with Gasteiger partial charge in [0.25, 0.3) is 0 Å². The van der Waals surface area contributed by atoms with Crippen molar-refractivity contribution in [3.8, 4) is 0 Å². The van der Waals surface area contributed by atoms with Crippen LogP contribution in [0.4, 0.5) is 4.79 Å². The summed E-state index contributed by atoms with van der Waals surface area (Å²) in [6.45, 7) is 1.32. The summed E-state index contributed by atoms with van der Waals surface area (Å²) >= 11 is 6.29. The first-order valence-corrected chi connectivity index (χ1v) is 7.96. The normalized spacial score (nSPS) is 17.5. The van der Waals surface area contributed by atoms with Gasteiger partial charge in [-0.1, -0.05) is 60.1 Å². The summed E-state index contributed by atoms with van der Waals surface area (Å²) < 4.78 is 0. The number of likely N-dealkylation sites (tertiary alicyclic amines) is 1. The van der Waals surface area contributed by atoms with Gasteiger partial charge in [-0.25, -0.2) is 4.79 Å². The molecule has 1 aliphatic heterocycles. The summed E-state index contributed by atoms with van der Waals surface area (Å²) in [4.78, 5) is 14.4. The van der Waals surface area contributed by atoms with Gasteiger partial charge >= 0.3 is 6.03 Å². The standard InChI is InChI=1S/C18H19ClN2O/c19-16-10-5-4-9-15(16)17-11-6-12-21(17)18(22)20-13-14-7-2-1-3-8-14/h1-5,7-10,17H,6,11-13H2,(H,20,22)/t17-/m1/s1. The molecule has 3 rings (SSSR count). The maximum Gasteiger partial charge on any atom is 0.318 e. The van der Waals surface area contributed by atoms with Gasteiger partial charge in [-0.2, -0.15) is 0 Å². The summed E-state index contributed by atoms with van der Waals surface area (Å²) in [6, 6.07) is 17.8. The van der Waals surface area contributed by atoms with Gasteiger partial charge in [-0.3, -0.25) is 0 Å². The molecule has 0 aromatic heterocycles. The van der Waals surface area contributed by atoms with Crippen LogP contribution in [-0.4, -0.2) is 17.5 Å². The first kappa shape index (κ1) is 14.9. The molecule has 114 valence electrons. The van der Waals surface area contributed by atoms with Crippen LogP contribution in [-0.2, 0) is 6.54 Å². The Morgan fingerprint density at radius 3 is 2.64 bits per heavy atom. The number of nitrogens with zero attached hydrogens (tertiary/aromatic N) is 1. The van der Waals surface area contributed by atoms with Gasteiger partial charge in [0.2, 0.25) is 0 Å². The Bertz CT molecular complexity index is 645. The van der Waals surface area contributed by atoms with Crippen LogP contribution >= 0.6 is 11.6 Å². The molecule has 2 amide bonds. The third-order valence-corrected chi connectivity index (χ3v) is 4.41. The van der Waals surface area contributed by atoms with Gasteiger partial charge in [0, 0.05) is 18.1 Å². The van der Waals surface area contributed by atoms with Crippen LogP contribution in [0.25, 0.3) is 0 Å². The highest BCUT2D eigenvalue weighted by Crippen LogP contribution is 2.35. The minimum atomic E-state index is -0.0220. The minimum Gasteiger partial charge on any atom is -0.334 e. The molecule has 0 spiro atoms. The van der Waals surface area contributed by atoms with E-state index in [1.807, 2.05) is 59.5 Å². The molecular weight excluding hydrogens is 296 g/mol. The van der Waals surface area contributed by atoms with Crippen molar-refractivity contribution in [1.29, 1.82) is 0 Å². The van der Waals surface area contributed by atoms with Crippen LogP contribution in [0.2, 0.25) is 5.02 Å². The molecular formula is C18H19ClN2O. The fourth-order valence-electron chi connectivity index (χ4n) is 2.95. The number of rotatable bonds is 3. The first-order chi connectivity index (χ1) is 10.8. The second-order valence-corrected chi connectivity index (χ2v) is 5.92. The number of urea groups is 1. The van der Waals surface area contributed by atoms with Crippen molar-refractivity contribution >= 4 is 17.6 Å². The number of hydrogen-bond acceptors (Lipinski definition) is 1. The van der Waals surface area contributed by atoms with Crippen LogP contribution in [0.3, 0.4) is 0 Å². The summed E-state index contributed by atoms with van der Waals surface area (Å²) in [5.41, 5.74) is 2.14. The maximum absolute atomic E-state index is 12.5. The highest BCUT2D eigenvalue weighted by atomic mass is 35.5. The third-order valence-electron chi connectivity index (χ3n) is 4.06. The highest BCUT2D eigenvalue weighted by molar-refractivity contribution is 6.31. The number of carbonyl (C=O) groups is 1. The van der Waals surface area contributed by atoms with E-state index in [0.717, 1.165) is 35.5 Å². The molecule has 1 atom stereocenters. The Morgan fingerprint density at radius 1 is 1.14 bits per heavy atom. The molecule has 1 N–H and O–H groups in total. The van der Waals surface area contributed by atoms with Crippen molar-refractivity contribution in [3.63, 3.8) is 0 Å². The van der Waals surface area contributed by atoms with E-state index in [1.54, 1.807) is 0 Å². The lowest BCUT2D eigenvalue weighted by atomic mass is 10.0. The van der Waals surface area contributed by atoms with Gasteiger partial charge < -0.3 is 10.2 Å². The van der Waals surface area contributed by atoms with Gasteiger partial charge in [0.15, 0.2) is 0 Å². The highest BCUT2D eigenvalue weighted by Gasteiger charge is 2.30. The average molecular weight is 315 g/mol. The number of nitrogens with one attached hydrogen (secondary N) is 1. The Balaban J connectivity index is 1.68. The predicted molar refractivity (Wildman–Crippen MR) is 88.8 cm³/mol. The molecule has 22 heavy (non-hydrogen) atoms. The Labute approximate surface area is 135 Å². The zero-order valence-electron chi connectivity index (χ0n) is 12.3. The number of amides is 2. The average Bonchev–Trinajstić information content (AvgIpc) is 3.03. The van der Waals surface area contributed by atoms with Gasteiger partial charge in [-0.05, 0) is 30.0 Å². The van der Waals surface area contributed by atoms with E-state index in [4.69, 9.17) is 11.6 Å². The summed E-state index contributed by atoms with van der Waals surface area (Å²) in [5, 5.41) is 3.74. The predicted octanol–water partition coefficient (Wildman–Crippen LogP) is 4.39. The van der Waals surface area contributed by atoms with Crippen LogP contribution in [0.5, 0.6) is 0 Å². The molecule has 1 fully saturated rings. The SMILES string of the molecule is O=C(NCc1ccccc1)N1CCC[C@@H]1c1ccccc1Cl. The number of benzene rings is 2. The van der Waals surface area contributed by atoms with Crippen molar-refractivity contribution < 1.29 is 4.79 Å². The van der Waals surface area contributed by atoms with E-state index in [-0.39, 0.29) is 12.1 Å². The molecule has 4 heteroatoms. The molecule has 3 nitrogen and oxygen atoms in total.